The molecule has 1 N–H and O–H groups in total. The molecule has 1 aromatic carbocycles. The fourth-order valence-corrected chi connectivity index (χ4v) is 2.81. The van der Waals surface area contributed by atoms with Gasteiger partial charge in [-0.25, -0.2) is 0 Å². The second-order valence-electron chi connectivity index (χ2n) is 5.25. The van der Waals surface area contributed by atoms with Gasteiger partial charge in [-0.2, -0.15) is 0 Å². The number of hydrogen-bond donors (Lipinski definition) is 1. The monoisotopic (exact) mass is 279 g/mol. The van der Waals surface area contributed by atoms with Crippen LogP contribution in [0.3, 0.4) is 0 Å². The molecule has 112 valence electrons. The Morgan fingerprint density at radius 1 is 0.950 bits per heavy atom. The van der Waals surface area contributed by atoms with E-state index in [-0.39, 0.29) is 0 Å². The van der Waals surface area contributed by atoms with Gasteiger partial charge in [0, 0.05) is 12.6 Å². The van der Waals surface area contributed by atoms with Crippen molar-refractivity contribution in [1.82, 2.24) is 5.32 Å². The molecule has 0 aromatic heterocycles. The van der Waals surface area contributed by atoms with Crippen LogP contribution in [-0.4, -0.2) is 27.4 Å². The zero-order valence-corrected chi connectivity index (χ0v) is 12.7. The molecule has 2 rings (SSSR count). The molecule has 1 fully saturated rings. The number of methoxy groups -OCH3 is 3. The first kappa shape index (κ1) is 15.0. The molecule has 0 aliphatic heterocycles. The van der Waals surface area contributed by atoms with Crippen LogP contribution in [0.25, 0.3) is 0 Å². The van der Waals surface area contributed by atoms with Gasteiger partial charge in [-0.15, -0.1) is 0 Å². The van der Waals surface area contributed by atoms with Gasteiger partial charge in [-0.1, -0.05) is 19.3 Å². The molecule has 1 aromatic rings. The van der Waals surface area contributed by atoms with Gasteiger partial charge >= 0.3 is 0 Å². The van der Waals surface area contributed by atoms with Crippen LogP contribution in [0.15, 0.2) is 12.1 Å². The first-order chi connectivity index (χ1) is 9.78. The summed E-state index contributed by atoms with van der Waals surface area (Å²) < 4.78 is 16.1. The van der Waals surface area contributed by atoms with Gasteiger partial charge in [0.25, 0.3) is 0 Å². The van der Waals surface area contributed by atoms with Gasteiger partial charge in [0.05, 0.1) is 21.3 Å². The van der Waals surface area contributed by atoms with Crippen molar-refractivity contribution in [3.8, 4) is 17.2 Å². The van der Waals surface area contributed by atoms with Crippen LogP contribution in [0.2, 0.25) is 0 Å². The number of rotatable bonds is 6. The maximum Gasteiger partial charge on any atom is 0.203 e. The van der Waals surface area contributed by atoms with Gasteiger partial charge in [0.1, 0.15) is 0 Å². The Labute approximate surface area is 121 Å². The summed E-state index contributed by atoms with van der Waals surface area (Å²) in [4.78, 5) is 0. The third-order valence-electron chi connectivity index (χ3n) is 3.92. The molecule has 4 heteroatoms. The van der Waals surface area contributed by atoms with Gasteiger partial charge in [0.2, 0.25) is 5.75 Å². The number of benzene rings is 1. The molecule has 20 heavy (non-hydrogen) atoms. The highest BCUT2D eigenvalue weighted by molar-refractivity contribution is 5.53. The maximum atomic E-state index is 5.38. The lowest BCUT2D eigenvalue weighted by Gasteiger charge is -2.23. The van der Waals surface area contributed by atoms with E-state index in [0.717, 1.165) is 12.1 Å². The number of hydrogen-bond acceptors (Lipinski definition) is 4. The standard InChI is InChI=1S/C16H25NO3/c1-18-14-9-12(10-15(19-2)16(14)20-3)11-17-13-7-5-4-6-8-13/h9-10,13,17H,4-8,11H2,1-3H3. The van der Waals surface area contributed by atoms with Gasteiger partial charge in [-0.05, 0) is 30.5 Å². The lowest BCUT2D eigenvalue weighted by Crippen LogP contribution is -2.30. The highest BCUT2D eigenvalue weighted by atomic mass is 16.5. The molecule has 0 saturated heterocycles. The minimum atomic E-state index is 0.642. The van der Waals surface area contributed by atoms with Crippen LogP contribution in [0.1, 0.15) is 37.7 Å². The van der Waals surface area contributed by atoms with Crippen LogP contribution in [0.5, 0.6) is 17.2 Å². The van der Waals surface area contributed by atoms with Crippen molar-refractivity contribution in [3.63, 3.8) is 0 Å². The Morgan fingerprint density at radius 2 is 1.55 bits per heavy atom. The molecule has 0 atom stereocenters. The summed E-state index contributed by atoms with van der Waals surface area (Å²) in [6.45, 7) is 0.835. The highest BCUT2D eigenvalue weighted by Gasteiger charge is 2.15. The van der Waals surface area contributed by atoms with Crippen LogP contribution in [-0.2, 0) is 6.54 Å². The Morgan fingerprint density at radius 3 is 2.05 bits per heavy atom. The zero-order valence-electron chi connectivity index (χ0n) is 12.7. The first-order valence-electron chi connectivity index (χ1n) is 7.30. The lowest BCUT2D eigenvalue weighted by atomic mass is 9.95. The topological polar surface area (TPSA) is 39.7 Å². The van der Waals surface area contributed by atoms with Crippen molar-refractivity contribution >= 4 is 0 Å². The quantitative estimate of drug-likeness (QED) is 0.868. The van der Waals surface area contributed by atoms with E-state index in [1.165, 1.54) is 32.1 Å². The predicted octanol–water partition coefficient (Wildman–Crippen LogP) is 3.13. The van der Waals surface area contributed by atoms with Crippen molar-refractivity contribution in [2.75, 3.05) is 21.3 Å². The molecule has 4 nitrogen and oxygen atoms in total. The molecule has 1 saturated carbocycles. The summed E-state index contributed by atoms with van der Waals surface area (Å²) in [5, 5.41) is 3.63. The normalized spacial score (nSPS) is 15.9. The number of ether oxygens (including phenoxy) is 3. The van der Waals surface area contributed by atoms with E-state index >= 15 is 0 Å². The van der Waals surface area contributed by atoms with Crippen LogP contribution in [0, 0.1) is 0 Å². The smallest absolute Gasteiger partial charge is 0.203 e. The Kier molecular flexibility index (Phi) is 5.53. The van der Waals surface area contributed by atoms with Crippen LogP contribution < -0.4 is 19.5 Å². The van der Waals surface area contributed by atoms with E-state index in [1.807, 2.05) is 12.1 Å². The molecular formula is C16H25NO3. The minimum absolute atomic E-state index is 0.642. The Hall–Kier alpha value is -1.42. The Balaban J connectivity index is 2.06. The molecule has 1 aliphatic carbocycles. The molecule has 0 spiro atoms. The lowest BCUT2D eigenvalue weighted by molar-refractivity contribution is 0.323. The van der Waals surface area contributed by atoms with Crippen molar-refractivity contribution in [1.29, 1.82) is 0 Å². The first-order valence-corrected chi connectivity index (χ1v) is 7.30. The summed E-state index contributed by atoms with van der Waals surface area (Å²) >= 11 is 0. The third-order valence-corrected chi connectivity index (χ3v) is 3.92. The molecule has 0 radical (unpaired) electrons. The largest absolute Gasteiger partial charge is 0.493 e. The van der Waals surface area contributed by atoms with Gasteiger partial charge in [-0.3, -0.25) is 0 Å². The van der Waals surface area contributed by atoms with Crippen molar-refractivity contribution in [2.45, 2.75) is 44.7 Å². The second kappa shape index (κ2) is 7.39. The predicted molar refractivity (Wildman–Crippen MR) is 79.8 cm³/mol. The third kappa shape index (κ3) is 3.57. The van der Waals surface area contributed by atoms with Gasteiger partial charge < -0.3 is 19.5 Å². The van der Waals surface area contributed by atoms with Crippen LogP contribution in [0.4, 0.5) is 0 Å². The molecular weight excluding hydrogens is 254 g/mol. The summed E-state index contributed by atoms with van der Waals surface area (Å²) in [5.41, 5.74) is 1.16. The average molecular weight is 279 g/mol. The van der Waals surface area contributed by atoms with E-state index in [9.17, 15) is 0 Å². The highest BCUT2D eigenvalue weighted by Crippen LogP contribution is 2.38. The summed E-state index contributed by atoms with van der Waals surface area (Å²) in [6, 6.07) is 4.66. The van der Waals surface area contributed by atoms with E-state index < -0.39 is 0 Å². The number of nitrogens with one attached hydrogen (secondary N) is 1. The fraction of sp³-hybridized carbons (Fsp3) is 0.625. The molecule has 1 aliphatic rings. The summed E-state index contributed by atoms with van der Waals surface area (Å²) in [7, 11) is 4.92. The molecule has 0 heterocycles. The van der Waals surface area contributed by atoms with Crippen molar-refractivity contribution in [2.24, 2.45) is 0 Å². The summed E-state index contributed by atoms with van der Waals surface area (Å²) in [6.07, 6.45) is 6.62. The Bertz CT molecular complexity index is 403. The van der Waals surface area contributed by atoms with Gasteiger partial charge in [0.15, 0.2) is 11.5 Å². The van der Waals surface area contributed by atoms with Crippen molar-refractivity contribution in [3.05, 3.63) is 17.7 Å². The fourth-order valence-electron chi connectivity index (χ4n) is 2.81. The molecule has 0 unspecified atom stereocenters. The van der Waals surface area contributed by atoms with E-state index in [4.69, 9.17) is 14.2 Å². The summed E-state index contributed by atoms with van der Waals surface area (Å²) in [5.74, 6) is 2.08. The molecule has 0 amide bonds. The SMILES string of the molecule is COc1cc(CNC2CCCCC2)cc(OC)c1OC. The maximum absolute atomic E-state index is 5.38. The van der Waals surface area contributed by atoms with E-state index in [0.29, 0.717) is 23.3 Å². The molecule has 0 bridgehead atoms. The van der Waals surface area contributed by atoms with Crippen molar-refractivity contribution < 1.29 is 14.2 Å². The average Bonchev–Trinajstić information content (AvgIpc) is 2.52. The van der Waals surface area contributed by atoms with Crippen LogP contribution >= 0.6 is 0 Å². The van der Waals surface area contributed by atoms with E-state index in [2.05, 4.69) is 5.32 Å². The minimum Gasteiger partial charge on any atom is -0.493 e. The van der Waals surface area contributed by atoms with E-state index in [1.54, 1.807) is 21.3 Å². The zero-order chi connectivity index (χ0) is 14.4. The second-order valence-corrected chi connectivity index (χ2v) is 5.25.